The van der Waals surface area contributed by atoms with Crippen molar-refractivity contribution in [3.8, 4) is 0 Å². The summed E-state index contributed by atoms with van der Waals surface area (Å²) < 4.78 is 23.5. The minimum Gasteiger partial charge on any atom is -0.341 e. The van der Waals surface area contributed by atoms with E-state index in [9.17, 15) is 13.2 Å². The zero-order valence-electron chi connectivity index (χ0n) is 12.5. The highest BCUT2D eigenvalue weighted by Gasteiger charge is 2.36. The van der Waals surface area contributed by atoms with Crippen LogP contribution in [0.5, 0.6) is 0 Å². The Morgan fingerprint density at radius 1 is 1.15 bits per heavy atom. The molecule has 2 fully saturated rings. The molecule has 1 heterocycles. The third-order valence-electron chi connectivity index (χ3n) is 4.50. The maximum absolute atomic E-state index is 12.4. The molecule has 1 saturated carbocycles. The van der Waals surface area contributed by atoms with E-state index in [1.807, 2.05) is 11.8 Å². The van der Waals surface area contributed by atoms with E-state index >= 15 is 0 Å². The van der Waals surface area contributed by atoms with Crippen molar-refractivity contribution < 1.29 is 13.2 Å². The van der Waals surface area contributed by atoms with E-state index < -0.39 is 9.84 Å². The monoisotopic (exact) mass is 302 g/mol. The van der Waals surface area contributed by atoms with Crippen LogP contribution in [0.3, 0.4) is 0 Å². The number of carbonyl (C=O) groups is 1. The number of nitrogens with zero attached hydrogens (tertiary/aromatic N) is 1. The number of rotatable bonds is 4. The van der Waals surface area contributed by atoms with Crippen LogP contribution in [0.2, 0.25) is 0 Å². The predicted octanol–water partition coefficient (Wildman–Crippen LogP) is 0.943. The SMILES string of the molecule is CC(NC1CCCC1S(C)(=O)=O)C(=O)N1CCCCC1. The predicted molar refractivity (Wildman–Crippen MR) is 79.3 cm³/mol. The summed E-state index contributed by atoms with van der Waals surface area (Å²) in [5, 5.41) is 2.93. The van der Waals surface area contributed by atoms with Gasteiger partial charge in [0.1, 0.15) is 0 Å². The fourth-order valence-electron chi connectivity index (χ4n) is 3.41. The van der Waals surface area contributed by atoms with Crippen LogP contribution in [-0.4, -0.2) is 55.9 Å². The van der Waals surface area contributed by atoms with E-state index in [0.717, 1.165) is 38.8 Å². The second-order valence-corrected chi connectivity index (χ2v) is 8.44. The molecule has 0 bridgehead atoms. The Labute approximate surface area is 122 Å². The fourth-order valence-corrected chi connectivity index (χ4v) is 4.82. The summed E-state index contributed by atoms with van der Waals surface area (Å²) in [7, 11) is -3.04. The number of hydrogen-bond acceptors (Lipinski definition) is 4. The van der Waals surface area contributed by atoms with Crippen LogP contribution in [0.25, 0.3) is 0 Å². The molecular formula is C14H26N2O3S. The number of hydrogen-bond donors (Lipinski definition) is 1. The Morgan fingerprint density at radius 2 is 1.80 bits per heavy atom. The molecule has 0 radical (unpaired) electrons. The van der Waals surface area contributed by atoms with Gasteiger partial charge in [-0.2, -0.15) is 0 Å². The van der Waals surface area contributed by atoms with E-state index in [2.05, 4.69) is 5.32 Å². The Balaban J connectivity index is 1.93. The first-order chi connectivity index (χ1) is 9.39. The number of nitrogens with one attached hydrogen (secondary N) is 1. The molecule has 3 atom stereocenters. The minimum absolute atomic E-state index is 0.0752. The maximum Gasteiger partial charge on any atom is 0.239 e. The molecule has 0 aromatic carbocycles. The summed E-state index contributed by atoms with van der Waals surface area (Å²) in [5.74, 6) is 0.115. The van der Waals surface area contributed by atoms with Gasteiger partial charge in [0, 0.05) is 25.4 Å². The van der Waals surface area contributed by atoms with E-state index in [1.54, 1.807) is 0 Å². The van der Waals surface area contributed by atoms with E-state index in [-0.39, 0.29) is 23.2 Å². The Hall–Kier alpha value is -0.620. The van der Waals surface area contributed by atoms with Crippen molar-refractivity contribution in [2.45, 2.75) is 62.8 Å². The third kappa shape index (κ3) is 3.73. The van der Waals surface area contributed by atoms with E-state index in [4.69, 9.17) is 0 Å². The molecule has 0 spiro atoms. The topological polar surface area (TPSA) is 66.5 Å². The van der Waals surface area contributed by atoms with Crippen molar-refractivity contribution in [2.24, 2.45) is 0 Å². The average molecular weight is 302 g/mol. The molecule has 1 N–H and O–H groups in total. The molecule has 1 aliphatic heterocycles. The lowest BCUT2D eigenvalue weighted by Gasteiger charge is -2.31. The number of likely N-dealkylation sites (tertiary alicyclic amines) is 1. The highest BCUT2D eigenvalue weighted by Crippen LogP contribution is 2.25. The molecule has 3 unspecified atom stereocenters. The summed E-state index contributed by atoms with van der Waals surface area (Å²) in [4.78, 5) is 14.3. The number of carbonyl (C=O) groups excluding carboxylic acids is 1. The lowest BCUT2D eigenvalue weighted by Crippen LogP contribution is -2.52. The summed E-state index contributed by atoms with van der Waals surface area (Å²) in [6.45, 7) is 3.53. The van der Waals surface area contributed by atoms with Gasteiger partial charge in [0.25, 0.3) is 0 Å². The van der Waals surface area contributed by atoms with Crippen molar-refractivity contribution in [3.05, 3.63) is 0 Å². The molecule has 0 aromatic heterocycles. The summed E-state index contributed by atoms with van der Waals surface area (Å²) in [6, 6.07) is -0.366. The van der Waals surface area contributed by atoms with Crippen LogP contribution >= 0.6 is 0 Å². The van der Waals surface area contributed by atoms with Crippen molar-refractivity contribution in [2.75, 3.05) is 19.3 Å². The highest BCUT2D eigenvalue weighted by molar-refractivity contribution is 7.91. The summed E-state index contributed by atoms with van der Waals surface area (Å²) >= 11 is 0. The van der Waals surface area contributed by atoms with Crippen molar-refractivity contribution in [3.63, 3.8) is 0 Å². The molecule has 1 saturated heterocycles. The maximum atomic E-state index is 12.4. The van der Waals surface area contributed by atoms with Gasteiger partial charge in [-0.25, -0.2) is 8.42 Å². The first kappa shape index (κ1) is 15.8. The van der Waals surface area contributed by atoms with Crippen molar-refractivity contribution >= 4 is 15.7 Å². The van der Waals surface area contributed by atoms with Crippen molar-refractivity contribution in [1.82, 2.24) is 10.2 Å². The molecule has 5 nitrogen and oxygen atoms in total. The molecule has 2 aliphatic rings. The second kappa shape index (κ2) is 6.43. The number of piperidine rings is 1. The Bertz CT molecular complexity index is 443. The third-order valence-corrected chi connectivity index (χ3v) is 6.17. The Morgan fingerprint density at radius 3 is 2.40 bits per heavy atom. The van der Waals surface area contributed by atoms with Gasteiger partial charge in [0.05, 0.1) is 11.3 Å². The quantitative estimate of drug-likeness (QED) is 0.839. The van der Waals surface area contributed by atoms with Crippen LogP contribution in [-0.2, 0) is 14.6 Å². The molecule has 0 aromatic rings. The van der Waals surface area contributed by atoms with Gasteiger partial charge in [0.2, 0.25) is 5.91 Å². The first-order valence-electron chi connectivity index (χ1n) is 7.63. The largest absolute Gasteiger partial charge is 0.341 e. The zero-order valence-corrected chi connectivity index (χ0v) is 13.3. The van der Waals surface area contributed by atoms with Crippen LogP contribution in [0.15, 0.2) is 0 Å². The standard InChI is InChI=1S/C14H26N2O3S/c1-11(14(17)16-9-4-3-5-10-16)15-12-7-6-8-13(12)20(2,18)19/h11-13,15H,3-10H2,1-2H3. The molecule has 1 aliphatic carbocycles. The molecule has 116 valence electrons. The summed E-state index contributed by atoms with van der Waals surface area (Å²) in [6.07, 6.45) is 7.12. The van der Waals surface area contributed by atoms with Crippen LogP contribution in [0.1, 0.15) is 45.4 Å². The van der Waals surface area contributed by atoms with Gasteiger partial charge in [-0.05, 0) is 39.0 Å². The smallest absolute Gasteiger partial charge is 0.239 e. The fraction of sp³-hybridized carbons (Fsp3) is 0.929. The molecule has 1 amide bonds. The van der Waals surface area contributed by atoms with Gasteiger partial charge in [-0.15, -0.1) is 0 Å². The van der Waals surface area contributed by atoms with E-state index in [1.165, 1.54) is 12.7 Å². The van der Waals surface area contributed by atoms with E-state index in [0.29, 0.717) is 6.42 Å². The van der Waals surface area contributed by atoms with Gasteiger partial charge in [-0.3, -0.25) is 4.79 Å². The second-order valence-electron chi connectivity index (χ2n) is 6.18. The molecular weight excluding hydrogens is 276 g/mol. The number of sulfone groups is 1. The molecule has 20 heavy (non-hydrogen) atoms. The lowest BCUT2D eigenvalue weighted by atomic mass is 10.1. The normalized spacial score (nSPS) is 29.4. The lowest BCUT2D eigenvalue weighted by molar-refractivity contribution is -0.134. The number of amides is 1. The zero-order chi connectivity index (χ0) is 14.8. The molecule has 6 heteroatoms. The van der Waals surface area contributed by atoms with Crippen molar-refractivity contribution in [1.29, 1.82) is 0 Å². The first-order valence-corrected chi connectivity index (χ1v) is 9.59. The summed E-state index contributed by atoms with van der Waals surface area (Å²) in [5.41, 5.74) is 0. The van der Waals surface area contributed by atoms with Gasteiger partial charge in [-0.1, -0.05) is 6.42 Å². The van der Waals surface area contributed by atoms with Gasteiger partial charge >= 0.3 is 0 Å². The highest BCUT2D eigenvalue weighted by atomic mass is 32.2. The van der Waals surface area contributed by atoms with Gasteiger partial charge < -0.3 is 10.2 Å². The van der Waals surface area contributed by atoms with Gasteiger partial charge in [0.15, 0.2) is 9.84 Å². The van der Waals surface area contributed by atoms with Crippen LogP contribution in [0.4, 0.5) is 0 Å². The minimum atomic E-state index is -3.04. The molecule has 2 rings (SSSR count). The van der Waals surface area contributed by atoms with Crippen LogP contribution in [0, 0.1) is 0 Å². The van der Waals surface area contributed by atoms with Crippen LogP contribution < -0.4 is 5.32 Å². The Kier molecular flexibility index (Phi) is 5.07. The average Bonchev–Trinajstić information content (AvgIpc) is 2.87.